The van der Waals surface area contributed by atoms with Gasteiger partial charge in [0.05, 0.1) is 6.10 Å². The molecular formula is C15H22O2. The van der Waals surface area contributed by atoms with Crippen LogP contribution in [-0.4, -0.2) is 12.4 Å². The minimum absolute atomic E-state index is 0.167. The summed E-state index contributed by atoms with van der Waals surface area (Å²) in [6.07, 6.45) is 3.76. The highest BCUT2D eigenvalue weighted by molar-refractivity contribution is 5.49. The van der Waals surface area contributed by atoms with E-state index in [0.29, 0.717) is 0 Å². The molecule has 0 aliphatic rings. The number of ether oxygens (including phenoxy) is 2. The van der Waals surface area contributed by atoms with Gasteiger partial charge in [-0.2, -0.15) is 0 Å². The summed E-state index contributed by atoms with van der Waals surface area (Å²) in [6, 6.07) is 7.88. The van der Waals surface area contributed by atoms with Gasteiger partial charge in [0.2, 0.25) is 0 Å². The molecule has 0 N–H and O–H groups in total. The fourth-order valence-corrected chi connectivity index (χ4v) is 1.56. The van der Waals surface area contributed by atoms with Crippen molar-refractivity contribution in [3.05, 3.63) is 36.4 Å². The minimum atomic E-state index is -0.167. The third-order valence-corrected chi connectivity index (χ3v) is 2.31. The van der Waals surface area contributed by atoms with Gasteiger partial charge in [-0.15, -0.1) is 0 Å². The van der Waals surface area contributed by atoms with E-state index in [1.165, 1.54) is 0 Å². The Labute approximate surface area is 104 Å². The Bertz CT molecular complexity index is 345. The first-order chi connectivity index (χ1) is 8.15. The van der Waals surface area contributed by atoms with E-state index in [1.54, 1.807) is 0 Å². The SMILES string of the molecule is C=Cc1cccc(OC(CCC)OC(C)C)c1. The maximum absolute atomic E-state index is 5.84. The van der Waals surface area contributed by atoms with E-state index in [0.717, 1.165) is 24.2 Å². The summed E-state index contributed by atoms with van der Waals surface area (Å²) in [5, 5.41) is 0. The van der Waals surface area contributed by atoms with E-state index in [2.05, 4.69) is 13.5 Å². The Morgan fingerprint density at radius 2 is 2.12 bits per heavy atom. The van der Waals surface area contributed by atoms with Crippen molar-refractivity contribution >= 4 is 6.08 Å². The third kappa shape index (κ3) is 5.05. The molecule has 2 nitrogen and oxygen atoms in total. The Morgan fingerprint density at radius 1 is 1.35 bits per heavy atom. The fraction of sp³-hybridized carbons (Fsp3) is 0.467. The highest BCUT2D eigenvalue weighted by atomic mass is 16.7. The standard InChI is InChI=1S/C15H22O2/c1-5-8-15(16-12(3)4)17-14-10-7-9-13(6-2)11-14/h6-7,9-12,15H,2,5,8H2,1,3-4H3. The van der Waals surface area contributed by atoms with Gasteiger partial charge in [0.1, 0.15) is 5.75 Å². The molecule has 0 heterocycles. The van der Waals surface area contributed by atoms with Crippen molar-refractivity contribution in [2.75, 3.05) is 0 Å². The van der Waals surface area contributed by atoms with Gasteiger partial charge in [0.25, 0.3) is 0 Å². The average molecular weight is 234 g/mol. The van der Waals surface area contributed by atoms with Crippen LogP contribution in [0.4, 0.5) is 0 Å². The molecule has 1 aromatic rings. The fourth-order valence-electron chi connectivity index (χ4n) is 1.56. The second-order valence-corrected chi connectivity index (χ2v) is 4.30. The molecular weight excluding hydrogens is 212 g/mol. The molecule has 1 unspecified atom stereocenters. The molecule has 0 saturated carbocycles. The number of rotatable bonds is 7. The van der Waals surface area contributed by atoms with Gasteiger partial charge >= 0.3 is 0 Å². The molecule has 0 spiro atoms. The summed E-state index contributed by atoms with van der Waals surface area (Å²) >= 11 is 0. The summed E-state index contributed by atoms with van der Waals surface area (Å²) in [7, 11) is 0. The quantitative estimate of drug-likeness (QED) is 0.656. The van der Waals surface area contributed by atoms with Crippen LogP contribution < -0.4 is 4.74 Å². The molecule has 17 heavy (non-hydrogen) atoms. The lowest BCUT2D eigenvalue weighted by Gasteiger charge is -2.21. The van der Waals surface area contributed by atoms with Crippen LogP contribution >= 0.6 is 0 Å². The van der Waals surface area contributed by atoms with E-state index in [4.69, 9.17) is 9.47 Å². The first kappa shape index (κ1) is 13.8. The van der Waals surface area contributed by atoms with E-state index >= 15 is 0 Å². The zero-order valence-electron chi connectivity index (χ0n) is 11.0. The summed E-state index contributed by atoms with van der Waals surface area (Å²) in [5.74, 6) is 0.835. The Balaban J connectivity index is 2.67. The van der Waals surface area contributed by atoms with Crippen molar-refractivity contribution in [1.29, 1.82) is 0 Å². The van der Waals surface area contributed by atoms with Crippen LogP contribution in [0.25, 0.3) is 6.08 Å². The van der Waals surface area contributed by atoms with Gasteiger partial charge < -0.3 is 9.47 Å². The molecule has 0 bridgehead atoms. The molecule has 0 aliphatic carbocycles. The van der Waals surface area contributed by atoms with E-state index in [9.17, 15) is 0 Å². The number of hydrogen-bond donors (Lipinski definition) is 0. The van der Waals surface area contributed by atoms with Crippen LogP contribution in [0.15, 0.2) is 30.8 Å². The second kappa shape index (κ2) is 7.13. The lowest BCUT2D eigenvalue weighted by Crippen LogP contribution is -2.24. The first-order valence-corrected chi connectivity index (χ1v) is 6.20. The second-order valence-electron chi connectivity index (χ2n) is 4.30. The molecule has 94 valence electrons. The average Bonchev–Trinajstić information content (AvgIpc) is 2.29. The zero-order valence-corrected chi connectivity index (χ0v) is 11.0. The lowest BCUT2D eigenvalue weighted by molar-refractivity contribution is -0.111. The van der Waals surface area contributed by atoms with E-state index in [1.807, 2.05) is 44.2 Å². The summed E-state index contributed by atoms with van der Waals surface area (Å²) in [4.78, 5) is 0. The van der Waals surface area contributed by atoms with Crippen molar-refractivity contribution in [3.63, 3.8) is 0 Å². The molecule has 2 heteroatoms. The molecule has 0 amide bonds. The van der Waals surface area contributed by atoms with Gasteiger partial charge in [0, 0.05) is 6.42 Å². The van der Waals surface area contributed by atoms with E-state index < -0.39 is 0 Å². The predicted octanol–water partition coefficient (Wildman–Crippen LogP) is 4.26. The minimum Gasteiger partial charge on any atom is -0.465 e. The van der Waals surface area contributed by atoms with Gasteiger partial charge in [-0.1, -0.05) is 38.1 Å². The first-order valence-electron chi connectivity index (χ1n) is 6.20. The van der Waals surface area contributed by atoms with Crippen molar-refractivity contribution in [3.8, 4) is 5.75 Å². The molecule has 0 aliphatic heterocycles. The normalized spacial score (nSPS) is 12.5. The van der Waals surface area contributed by atoms with Gasteiger partial charge in [-0.3, -0.25) is 0 Å². The van der Waals surface area contributed by atoms with Crippen LogP contribution in [0.1, 0.15) is 39.2 Å². The predicted molar refractivity (Wildman–Crippen MR) is 72.1 cm³/mol. The van der Waals surface area contributed by atoms with Crippen molar-refractivity contribution in [1.82, 2.24) is 0 Å². The largest absolute Gasteiger partial charge is 0.465 e. The molecule has 1 aromatic carbocycles. The Hall–Kier alpha value is -1.28. The molecule has 0 aromatic heterocycles. The van der Waals surface area contributed by atoms with Gasteiger partial charge in [-0.05, 0) is 31.5 Å². The maximum Gasteiger partial charge on any atom is 0.200 e. The van der Waals surface area contributed by atoms with Crippen LogP contribution in [0.5, 0.6) is 5.75 Å². The summed E-state index contributed by atoms with van der Waals surface area (Å²) in [6.45, 7) is 9.91. The van der Waals surface area contributed by atoms with Crippen LogP contribution in [-0.2, 0) is 4.74 Å². The van der Waals surface area contributed by atoms with Crippen molar-refractivity contribution < 1.29 is 9.47 Å². The highest BCUT2D eigenvalue weighted by Gasteiger charge is 2.11. The zero-order chi connectivity index (χ0) is 12.7. The van der Waals surface area contributed by atoms with Crippen LogP contribution in [0, 0.1) is 0 Å². The lowest BCUT2D eigenvalue weighted by atomic mass is 10.2. The van der Waals surface area contributed by atoms with Crippen LogP contribution in [0.3, 0.4) is 0 Å². The Morgan fingerprint density at radius 3 is 2.71 bits per heavy atom. The van der Waals surface area contributed by atoms with Gasteiger partial charge in [-0.25, -0.2) is 0 Å². The number of hydrogen-bond acceptors (Lipinski definition) is 2. The molecule has 0 fully saturated rings. The monoisotopic (exact) mass is 234 g/mol. The molecule has 0 radical (unpaired) electrons. The van der Waals surface area contributed by atoms with Crippen LogP contribution in [0.2, 0.25) is 0 Å². The van der Waals surface area contributed by atoms with Gasteiger partial charge in [0.15, 0.2) is 6.29 Å². The molecule has 1 atom stereocenters. The number of benzene rings is 1. The summed E-state index contributed by atoms with van der Waals surface area (Å²) in [5.41, 5.74) is 1.06. The van der Waals surface area contributed by atoms with Crippen molar-refractivity contribution in [2.24, 2.45) is 0 Å². The molecule has 0 saturated heterocycles. The summed E-state index contributed by atoms with van der Waals surface area (Å²) < 4.78 is 11.6. The topological polar surface area (TPSA) is 18.5 Å². The highest BCUT2D eigenvalue weighted by Crippen LogP contribution is 2.18. The van der Waals surface area contributed by atoms with Crippen molar-refractivity contribution in [2.45, 2.75) is 46.0 Å². The maximum atomic E-state index is 5.84. The third-order valence-electron chi connectivity index (χ3n) is 2.31. The Kier molecular flexibility index (Phi) is 5.78. The smallest absolute Gasteiger partial charge is 0.200 e. The molecule has 1 rings (SSSR count). The van der Waals surface area contributed by atoms with E-state index in [-0.39, 0.29) is 12.4 Å².